The van der Waals surface area contributed by atoms with Gasteiger partial charge in [0.1, 0.15) is 0 Å². The van der Waals surface area contributed by atoms with Crippen LogP contribution in [0.25, 0.3) is 11.1 Å². The Morgan fingerprint density at radius 1 is 1.18 bits per heavy atom. The van der Waals surface area contributed by atoms with Gasteiger partial charge in [-0.25, -0.2) is 0 Å². The lowest BCUT2D eigenvalue weighted by atomic mass is 9.89. The van der Waals surface area contributed by atoms with Crippen LogP contribution in [0.2, 0.25) is 0 Å². The fourth-order valence-corrected chi connectivity index (χ4v) is 3.41. The van der Waals surface area contributed by atoms with E-state index in [-0.39, 0.29) is 12.5 Å². The van der Waals surface area contributed by atoms with E-state index < -0.39 is 0 Å². The largest absolute Gasteiger partial charge is 0.465 e. The topological polar surface area (TPSA) is 77.2 Å². The Morgan fingerprint density at radius 2 is 1.86 bits per heavy atom. The summed E-state index contributed by atoms with van der Waals surface area (Å²) in [4.78, 5) is 16.6. The van der Waals surface area contributed by atoms with Crippen molar-refractivity contribution in [1.82, 2.24) is 10.3 Å². The van der Waals surface area contributed by atoms with Crippen molar-refractivity contribution in [2.45, 2.75) is 54.1 Å². The van der Waals surface area contributed by atoms with Crippen molar-refractivity contribution >= 4 is 5.97 Å². The number of benzene rings is 1. The van der Waals surface area contributed by atoms with Gasteiger partial charge in [-0.05, 0) is 55.4 Å². The van der Waals surface area contributed by atoms with Crippen LogP contribution in [0.4, 0.5) is 0 Å². The van der Waals surface area contributed by atoms with Crippen LogP contribution in [-0.2, 0) is 29.0 Å². The minimum atomic E-state index is -0.250. The summed E-state index contributed by atoms with van der Waals surface area (Å²) in [6.45, 7) is 11.8. The van der Waals surface area contributed by atoms with Gasteiger partial charge in [-0.1, -0.05) is 43.7 Å². The van der Waals surface area contributed by atoms with Gasteiger partial charge in [0.05, 0.1) is 13.2 Å². The Morgan fingerprint density at radius 3 is 2.43 bits per heavy atom. The highest BCUT2D eigenvalue weighted by atomic mass is 16.5. The molecule has 0 aliphatic rings. The molecule has 0 bridgehead atoms. The number of ether oxygens (including phenoxy) is 1. The zero-order chi connectivity index (χ0) is 20.7. The minimum absolute atomic E-state index is 0.173. The second-order valence-corrected chi connectivity index (χ2v) is 7.55. The highest BCUT2D eigenvalue weighted by Gasteiger charge is 2.19. The first kappa shape index (κ1) is 22.1. The zero-order valence-corrected chi connectivity index (χ0v) is 17.8. The molecule has 0 aliphatic heterocycles. The van der Waals surface area contributed by atoms with Crippen LogP contribution >= 0.6 is 0 Å². The molecule has 1 aromatic heterocycles. The monoisotopic (exact) mass is 383 g/mol. The summed E-state index contributed by atoms with van der Waals surface area (Å²) < 4.78 is 5.01. The zero-order valence-electron chi connectivity index (χ0n) is 17.8. The number of nitrogens with one attached hydrogen (secondary N) is 1. The molecule has 5 heteroatoms. The third kappa shape index (κ3) is 5.63. The lowest BCUT2D eigenvalue weighted by Crippen LogP contribution is -2.25. The number of carbonyl (C=O) groups excluding carboxylic acids is 1. The molecule has 0 spiro atoms. The lowest BCUT2D eigenvalue weighted by Gasteiger charge is -2.21. The van der Waals surface area contributed by atoms with Crippen LogP contribution in [0.5, 0.6) is 0 Å². The summed E-state index contributed by atoms with van der Waals surface area (Å²) >= 11 is 0. The van der Waals surface area contributed by atoms with E-state index in [1.54, 1.807) is 0 Å². The van der Waals surface area contributed by atoms with Crippen LogP contribution in [0.1, 0.15) is 48.8 Å². The SMILES string of the molecule is CCOC(=O)CNCc1c(C)nc(CC(C)C)c(CN)c1-c1ccc(C)cc1. The van der Waals surface area contributed by atoms with E-state index in [1.807, 2.05) is 13.8 Å². The number of nitrogens with zero attached hydrogens (tertiary/aromatic N) is 1. The second kappa shape index (κ2) is 10.3. The molecule has 0 fully saturated rings. The number of carbonyl (C=O) groups is 1. The van der Waals surface area contributed by atoms with Gasteiger partial charge in [-0.15, -0.1) is 0 Å². The maximum absolute atomic E-state index is 11.7. The summed E-state index contributed by atoms with van der Waals surface area (Å²) in [5.74, 6) is 0.247. The van der Waals surface area contributed by atoms with Crippen LogP contribution in [0.3, 0.4) is 0 Å². The molecule has 0 unspecified atom stereocenters. The summed E-state index contributed by atoms with van der Waals surface area (Å²) in [6, 6.07) is 8.50. The van der Waals surface area contributed by atoms with Gasteiger partial charge in [0, 0.05) is 24.5 Å². The van der Waals surface area contributed by atoms with Gasteiger partial charge < -0.3 is 15.8 Å². The summed E-state index contributed by atoms with van der Waals surface area (Å²) in [5, 5.41) is 3.20. The fourth-order valence-electron chi connectivity index (χ4n) is 3.41. The van der Waals surface area contributed by atoms with Crippen molar-refractivity contribution in [3.63, 3.8) is 0 Å². The van der Waals surface area contributed by atoms with Crippen molar-refractivity contribution in [3.8, 4) is 11.1 Å². The van der Waals surface area contributed by atoms with Gasteiger partial charge in [-0.3, -0.25) is 9.78 Å². The van der Waals surface area contributed by atoms with Crippen molar-refractivity contribution in [2.75, 3.05) is 13.2 Å². The van der Waals surface area contributed by atoms with Crippen molar-refractivity contribution in [2.24, 2.45) is 11.7 Å². The number of hydrogen-bond donors (Lipinski definition) is 2. The number of esters is 1. The quantitative estimate of drug-likeness (QED) is 0.646. The maximum Gasteiger partial charge on any atom is 0.319 e. The van der Waals surface area contributed by atoms with Crippen LogP contribution in [0, 0.1) is 19.8 Å². The Labute approximate surface area is 168 Å². The standard InChI is InChI=1S/C23H33N3O2/c1-6-28-22(27)14-25-13-20-17(5)26-21(11-15(2)3)19(12-24)23(20)18-9-7-16(4)8-10-18/h7-10,15,25H,6,11-14,24H2,1-5H3. The Kier molecular flexibility index (Phi) is 8.15. The molecule has 5 nitrogen and oxygen atoms in total. The fraction of sp³-hybridized carbons (Fsp3) is 0.478. The Bertz CT molecular complexity index is 798. The number of pyridine rings is 1. The van der Waals surface area contributed by atoms with Crippen molar-refractivity contribution < 1.29 is 9.53 Å². The predicted octanol–water partition coefficient (Wildman–Crippen LogP) is 3.68. The van der Waals surface area contributed by atoms with Crippen LogP contribution in [-0.4, -0.2) is 24.1 Å². The molecule has 28 heavy (non-hydrogen) atoms. The van der Waals surface area contributed by atoms with E-state index in [1.165, 1.54) is 5.56 Å². The maximum atomic E-state index is 11.7. The van der Waals surface area contributed by atoms with E-state index in [2.05, 4.69) is 50.4 Å². The molecule has 2 aromatic rings. The van der Waals surface area contributed by atoms with Crippen molar-refractivity contribution in [1.29, 1.82) is 0 Å². The van der Waals surface area contributed by atoms with E-state index in [4.69, 9.17) is 15.5 Å². The lowest BCUT2D eigenvalue weighted by molar-refractivity contribution is -0.142. The summed E-state index contributed by atoms with van der Waals surface area (Å²) in [6.07, 6.45) is 0.892. The summed E-state index contributed by atoms with van der Waals surface area (Å²) in [7, 11) is 0. The van der Waals surface area contributed by atoms with Gasteiger partial charge in [0.15, 0.2) is 0 Å². The predicted molar refractivity (Wildman–Crippen MR) is 114 cm³/mol. The van der Waals surface area contributed by atoms with Gasteiger partial charge in [0.25, 0.3) is 0 Å². The number of aryl methyl sites for hydroxylation is 2. The third-order valence-electron chi connectivity index (χ3n) is 4.71. The molecule has 2 rings (SSSR count). The number of rotatable bonds is 9. The second-order valence-electron chi connectivity index (χ2n) is 7.55. The first-order valence-corrected chi connectivity index (χ1v) is 10.0. The van der Waals surface area contributed by atoms with E-state index in [0.717, 1.165) is 40.1 Å². The number of hydrogen-bond acceptors (Lipinski definition) is 5. The van der Waals surface area contributed by atoms with E-state index in [9.17, 15) is 4.79 Å². The highest BCUT2D eigenvalue weighted by molar-refractivity contribution is 5.74. The van der Waals surface area contributed by atoms with E-state index in [0.29, 0.717) is 25.6 Å². The summed E-state index contributed by atoms with van der Waals surface area (Å²) in [5.41, 5.74) is 13.9. The molecule has 0 atom stereocenters. The van der Waals surface area contributed by atoms with Gasteiger partial charge >= 0.3 is 5.97 Å². The smallest absolute Gasteiger partial charge is 0.319 e. The van der Waals surface area contributed by atoms with Crippen LogP contribution < -0.4 is 11.1 Å². The minimum Gasteiger partial charge on any atom is -0.465 e. The average molecular weight is 384 g/mol. The molecule has 0 saturated carbocycles. The number of nitrogens with two attached hydrogens (primary N) is 1. The van der Waals surface area contributed by atoms with Gasteiger partial charge in [0.2, 0.25) is 0 Å². The average Bonchev–Trinajstić information content (AvgIpc) is 2.63. The molecule has 0 radical (unpaired) electrons. The molecule has 0 aliphatic carbocycles. The van der Waals surface area contributed by atoms with Gasteiger partial charge in [-0.2, -0.15) is 0 Å². The molecule has 152 valence electrons. The molecule has 0 saturated heterocycles. The molecule has 1 aromatic carbocycles. The van der Waals surface area contributed by atoms with E-state index >= 15 is 0 Å². The first-order chi connectivity index (χ1) is 13.4. The Hall–Kier alpha value is -2.24. The molecule has 1 heterocycles. The number of aromatic nitrogens is 1. The molecular formula is C23H33N3O2. The highest BCUT2D eigenvalue weighted by Crippen LogP contribution is 2.32. The first-order valence-electron chi connectivity index (χ1n) is 10.0. The Balaban J connectivity index is 2.49. The van der Waals surface area contributed by atoms with Crippen molar-refractivity contribution in [3.05, 3.63) is 52.3 Å². The molecule has 3 N–H and O–H groups in total. The molecular weight excluding hydrogens is 350 g/mol. The van der Waals surface area contributed by atoms with Crippen LogP contribution in [0.15, 0.2) is 24.3 Å². The normalized spacial score (nSPS) is 11.1. The molecule has 0 amide bonds. The third-order valence-corrected chi connectivity index (χ3v) is 4.71.